The number of halogens is 1. The first-order chi connectivity index (χ1) is 8.27. The molecule has 17 heavy (non-hydrogen) atoms. The summed E-state index contributed by atoms with van der Waals surface area (Å²) in [7, 11) is 0. The molecule has 0 aliphatic rings. The molecule has 84 valence electrons. The molecule has 3 aromatic rings. The van der Waals surface area contributed by atoms with Crippen molar-refractivity contribution in [3.05, 3.63) is 51.6 Å². The molecule has 0 spiro atoms. The second kappa shape index (κ2) is 3.81. The van der Waals surface area contributed by atoms with Crippen molar-refractivity contribution in [2.75, 3.05) is 0 Å². The van der Waals surface area contributed by atoms with Crippen LogP contribution in [0.5, 0.6) is 0 Å². The number of hydrogen-bond acceptors (Lipinski definition) is 3. The minimum absolute atomic E-state index is 0.187. The molecule has 0 bridgehead atoms. The van der Waals surface area contributed by atoms with E-state index < -0.39 is 0 Å². The first-order valence-electron chi connectivity index (χ1n) is 4.94. The maximum absolute atomic E-state index is 11.5. The van der Waals surface area contributed by atoms with Gasteiger partial charge in [0.25, 0.3) is 5.56 Å². The summed E-state index contributed by atoms with van der Waals surface area (Å²) in [5, 5.41) is 4.67. The SMILES string of the molecule is O=c1[nH]cnc2c1cnn2-c1ccccc1Br. The zero-order valence-electron chi connectivity index (χ0n) is 8.59. The summed E-state index contributed by atoms with van der Waals surface area (Å²) in [6.45, 7) is 0. The fourth-order valence-corrected chi connectivity index (χ4v) is 2.11. The summed E-state index contributed by atoms with van der Waals surface area (Å²) in [5.41, 5.74) is 1.20. The third-order valence-electron chi connectivity index (χ3n) is 2.45. The minimum Gasteiger partial charge on any atom is -0.312 e. The van der Waals surface area contributed by atoms with Crippen LogP contribution in [0.25, 0.3) is 16.7 Å². The Morgan fingerprint density at radius 2 is 2.12 bits per heavy atom. The Labute approximate surface area is 104 Å². The van der Waals surface area contributed by atoms with Crippen LogP contribution in [0.2, 0.25) is 0 Å². The lowest BCUT2D eigenvalue weighted by Crippen LogP contribution is -2.06. The summed E-state index contributed by atoms with van der Waals surface area (Å²) >= 11 is 3.45. The van der Waals surface area contributed by atoms with Crippen molar-refractivity contribution in [2.45, 2.75) is 0 Å². The number of aromatic nitrogens is 4. The van der Waals surface area contributed by atoms with Gasteiger partial charge in [0.05, 0.1) is 18.2 Å². The van der Waals surface area contributed by atoms with Gasteiger partial charge >= 0.3 is 0 Å². The molecule has 3 rings (SSSR count). The summed E-state index contributed by atoms with van der Waals surface area (Å²) < 4.78 is 2.53. The highest BCUT2D eigenvalue weighted by Gasteiger charge is 2.10. The van der Waals surface area contributed by atoms with Crippen molar-refractivity contribution >= 4 is 27.0 Å². The highest BCUT2D eigenvalue weighted by Crippen LogP contribution is 2.21. The maximum Gasteiger partial charge on any atom is 0.261 e. The zero-order chi connectivity index (χ0) is 11.8. The molecule has 1 N–H and O–H groups in total. The van der Waals surface area contributed by atoms with Crippen LogP contribution in [0, 0.1) is 0 Å². The van der Waals surface area contributed by atoms with E-state index >= 15 is 0 Å². The lowest BCUT2D eigenvalue weighted by molar-refractivity contribution is 0.890. The van der Waals surface area contributed by atoms with E-state index in [2.05, 4.69) is 31.0 Å². The summed E-state index contributed by atoms with van der Waals surface area (Å²) in [6, 6.07) is 7.63. The number of fused-ring (bicyclic) bond motifs is 1. The molecular formula is C11H7BrN4O. The van der Waals surface area contributed by atoms with Crippen molar-refractivity contribution in [2.24, 2.45) is 0 Å². The van der Waals surface area contributed by atoms with Crippen LogP contribution in [-0.4, -0.2) is 19.7 Å². The molecular weight excluding hydrogens is 284 g/mol. The third kappa shape index (κ3) is 1.57. The Kier molecular flexibility index (Phi) is 2.29. The summed E-state index contributed by atoms with van der Waals surface area (Å²) in [5.74, 6) is 0. The van der Waals surface area contributed by atoms with E-state index in [-0.39, 0.29) is 5.56 Å². The van der Waals surface area contributed by atoms with Gasteiger partial charge < -0.3 is 4.98 Å². The molecule has 0 aliphatic carbocycles. The second-order valence-corrected chi connectivity index (χ2v) is 4.33. The van der Waals surface area contributed by atoms with Gasteiger partial charge in [0, 0.05) is 4.47 Å². The van der Waals surface area contributed by atoms with Gasteiger partial charge in [-0.15, -0.1) is 0 Å². The van der Waals surface area contributed by atoms with Gasteiger partial charge in [0.2, 0.25) is 0 Å². The Morgan fingerprint density at radius 1 is 1.29 bits per heavy atom. The number of aromatic amines is 1. The quantitative estimate of drug-likeness (QED) is 0.744. The van der Waals surface area contributed by atoms with Crippen LogP contribution < -0.4 is 5.56 Å². The lowest BCUT2D eigenvalue weighted by atomic mass is 10.3. The molecule has 0 amide bonds. The molecule has 0 fully saturated rings. The van der Waals surface area contributed by atoms with Gasteiger partial charge in [0.15, 0.2) is 5.65 Å². The smallest absolute Gasteiger partial charge is 0.261 e. The van der Waals surface area contributed by atoms with Crippen LogP contribution in [0.4, 0.5) is 0 Å². The fourth-order valence-electron chi connectivity index (χ4n) is 1.66. The van der Waals surface area contributed by atoms with E-state index in [0.29, 0.717) is 11.0 Å². The zero-order valence-corrected chi connectivity index (χ0v) is 10.2. The molecule has 1 aromatic carbocycles. The van der Waals surface area contributed by atoms with Crippen molar-refractivity contribution in [3.8, 4) is 5.69 Å². The second-order valence-electron chi connectivity index (χ2n) is 3.48. The lowest BCUT2D eigenvalue weighted by Gasteiger charge is -2.04. The molecule has 6 heteroatoms. The standard InChI is InChI=1S/C11H7BrN4O/c12-8-3-1-2-4-9(8)16-10-7(5-15-16)11(17)14-6-13-10/h1-6H,(H,13,14,17). The first kappa shape index (κ1) is 10.2. The van der Waals surface area contributed by atoms with Gasteiger partial charge in [-0.05, 0) is 28.1 Å². The molecule has 2 heterocycles. The molecule has 5 nitrogen and oxygen atoms in total. The fraction of sp³-hybridized carbons (Fsp3) is 0. The number of rotatable bonds is 1. The van der Waals surface area contributed by atoms with Crippen molar-refractivity contribution in [1.29, 1.82) is 0 Å². The summed E-state index contributed by atoms with van der Waals surface area (Å²) in [6.07, 6.45) is 2.89. The van der Waals surface area contributed by atoms with Crippen molar-refractivity contribution in [1.82, 2.24) is 19.7 Å². The average molecular weight is 291 g/mol. The van der Waals surface area contributed by atoms with E-state index in [1.54, 1.807) is 4.68 Å². The Morgan fingerprint density at radius 3 is 2.94 bits per heavy atom. The highest BCUT2D eigenvalue weighted by atomic mass is 79.9. The van der Waals surface area contributed by atoms with Gasteiger partial charge in [-0.2, -0.15) is 5.10 Å². The average Bonchev–Trinajstić information content (AvgIpc) is 2.75. The van der Waals surface area contributed by atoms with Crippen LogP contribution in [0.1, 0.15) is 0 Å². The number of hydrogen-bond donors (Lipinski definition) is 1. The Balaban J connectivity index is 2.36. The van der Waals surface area contributed by atoms with Gasteiger partial charge in [-0.1, -0.05) is 12.1 Å². The number of para-hydroxylation sites is 1. The molecule has 0 atom stereocenters. The van der Waals surface area contributed by atoms with Crippen molar-refractivity contribution < 1.29 is 0 Å². The van der Waals surface area contributed by atoms with Gasteiger partial charge in [-0.25, -0.2) is 9.67 Å². The minimum atomic E-state index is -0.187. The van der Waals surface area contributed by atoms with Crippen LogP contribution >= 0.6 is 15.9 Å². The van der Waals surface area contributed by atoms with E-state index in [9.17, 15) is 4.79 Å². The molecule has 2 aromatic heterocycles. The third-order valence-corrected chi connectivity index (χ3v) is 3.12. The predicted molar refractivity (Wildman–Crippen MR) is 67.2 cm³/mol. The highest BCUT2D eigenvalue weighted by molar-refractivity contribution is 9.10. The summed E-state index contributed by atoms with van der Waals surface area (Å²) in [4.78, 5) is 18.2. The monoisotopic (exact) mass is 290 g/mol. The van der Waals surface area contributed by atoms with Crippen LogP contribution in [0.15, 0.2) is 46.1 Å². The normalized spacial score (nSPS) is 10.9. The van der Waals surface area contributed by atoms with Gasteiger partial charge in [0.1, 0.15) is 5.39 Å². The van der Waals surface area contributed by atoms with E-state index in [0.717, 1.165) is 10.2 Å². The van der Waals surface area contributed by atoms with Crippen LogP contribution in [0.3, 0.4) is 0 Å². The van der Waals surface area contributed by atoms with Crippen LogP contribution in [-0.2, 0) is 0 Å². The first-order valence-corrected chi connectivity index (χ1v) is 5.73. The predicted octanol–water partition coefficient (Wildman–Crippen LogP) is 1.87. The molecule has 0 radical (unpaired) electrons. The van der Waals surface area contributed by atoms with E-state index in [1.807, 2.05) is 24.3 Å². The molecule has 0 saturated carbocycles. The van der Waals surface area contributed by atoms with E-state index in [1.165, 1.54) is 12.5 Å². The molecule has 0 aliphatic heterocycles. The maximum atomic E-state index is 11.5. The Hall–Kier alpha value is -1.95. The van der Waals surface area contributed by atoms with Crippen molar-refractivity contribution in [3.63, 3.8) is 0 Å². The number of nitrogens with zero attached hydrogens (tertiary/aromatic N) is 3. The Bertz CT molecular complexity index is 746. The number of benzene rings is 1. The number of nitrogens with one attached hydrogen (secondary N) is 1. The largest absolute Gasteiger partial charge is 0.312 e. The van der Waals surface area contributed by atoms with E-state index in [4.69, 9.17) is 0 Å². The van der Waals surface area contributed by atoms with Gasteiger partial charge in [-0.3, -0.25) is 4.79 Å². The number of H-pyrrole nitrogens is 1. The topological polar surface area (TPSA) is 63.6 Å². The molecule has 0 saturated heterocycles. The molecule has 0 unspecified atom stereocenters.